The molecular formula is C25H25N3O4S. The van der Waals surface area contributed by atoms with E-state index < -0.39 is 10.8 Å². The van der Waals surface area contributed by atoms with Crippen LogP contribution in [0.1, 0.15) is 34.8 Å². The van der Waals surface area contributed by atoms with Crippen LogP contribution < -0.4 is 10.6 Å². The maximum Gasteiger partial charge on any atom is 0.270 e. The molecule has 0 heterocycles. The third-order valence-electron chi connectivity index (χ3n) is 5.13. The predicted octanol–water partition coefficient (Wildman–Crippen LogP) is 5.97. The molecule has 2 amide bonds. The van der Waals surface area contributed by atoms with Crippen LogP contribution in [0.2, 0.25) is 0 Å². The summed E-state index contributed by atoms with van der Waals surface area (Å²) in [5.41, 5.74) is 3.63. The molecule has 0 aliphatic heterocycles. The van der Waals surface area contributed by atoms with Gasteiger partial charge < -0.3 is 10.6 Å². The number of carbonyl (C=O) groups is 2. The molecular weight excluding hydrogens is 438 g/mol. The number of nitro groups is 1. The number of non-ortho nitro benzene ring substituents is 1. The summed E-state index contributed by atoms with van der Waals surface area (Å²) in [6.45, 7) is 5.98. The number of benzene rings is 3. The molecule has 8 heteroatoms. The van der Waals surface area contributed by atoms with Gasteiger partial charge in [0.1, 0.15) is 0 Å². The van der Waals surface area contributed by atoms with Crippen molar-refractivity contribution in [1.82, 2.24) is 0 Å². The van der Waals surface area contributed by atoms with E-state index in [-0.39, 0.29) is 22.4 Å². The van der Waals surface area contributed by atoms with Gasteiger partial charge in [0.25, 0.3) is 11.6 Å². The van der Waals surface area contributed by atoms with Crippen LogP contribution in [0.3, 0.4) is 0 Å². The number of nitrogens with zero attached hydrogens (tertiary/aromatic N) is 1. The zero-order valence-corrected chi connectivity index (χ0v) is 19.4. The van der Waals surface area contributed by atoms with E-state index >= 15 is 0 Å². The van der Waals surface area contributed by atoms with Gasteiger partial charge in [-0.25, -0.2) is 0 Å². The molecule has 3 rings (SSSR count). The first-order valence-corrected chi connectivity index (χ1v) is 11.4. The summed E-state index contributed by atoms with van der Waals surface area (Å²) >= 11 is 1.41. The Morgan fingerprint density at radius 2 is 1.67 bits per heavy atom. The van der Waals surface area contributed by atoms with E-state index in [0.717, 1.165) is 16.1 Å². The van der Waals surface area contributed by atoms with Gasteiger partial charge in [0.05, 0.1) is 10.2 Å². The van der Waals surface area contributed by atoms with Crippen LogP contribution in [0.4, 0.5) is 17.1 Å². The van der Waals surface area contributed by atoms with Crippen LogP contribution in [-0.2, 0) is 4.79 Å². The molecule has 0 aliphatic carbocycles. The van der Waals surface area contributed by atoms with Crippen LogP contribution in [0.25, 0.3) is 0 Å². The zero-order valence-electron chi connectivity index (χ0n) is 18.6. The largest absolute Gasteiger partial charge is 0.325 e. The van der Waals surface area contributed by atoms with Crippen LogP contribution in [-0.4, -0.2) is 22.0 Å². The van der Waals surface area contributed by atoms with Crippen molar-refractivity contribution in [3.05, 3.63) is 93.5 Å². The molecule has 0 saturated carbocycles. The van der Waals surface area contributed by atoms with Gasteiger partial charge in [-0.2, -0.15) is 0 Å². The van der Waals surface area contributed by atoms with Crippen LogP contribution >= 0.6 is 11.8 Å². The van der Waals surface area contributed by atoms with Gasteiger partial charge in [-0.1, -0.05) is 25.1 Å². The number of hydrogen-bond acceptors (Lipinski definition) is 5. The molecule has 1 unspecified atom stereocenters. The molecule has 0 aliphatic rings. The molecule has 0 radical (unpaired) electrons. The number of nitro benzene ring substituents is 1. The fourth-order valence-electron chi connectivity index (χ4n) is 3.14. The van der Waals surface area contributed by atoms with Gasteiger partial charge >= 0.3 is 0 Å². The quantitative estimate of drug-likeness (QED) is 0.243. The summed E-state index contributed by atoms with van der Waals surface area (Å²) in [5.74, 6) is -0.530. The number of anilines is 2. The Hall–Kier alpha value is -3.65. The molecule has 2 N–H and O–H groups in total. The Bertz CT molecular complexity index is 1200. The summed E-state index contributed by atoms with van der Waals surface area (Å²) < 4.78 is 0. The second-order valence-corrected chi connectivity index (χ2v) is 8.87. The predicted molar refractivity (Wildman–Crippen MR) is 132 cm³/mol. The van der Waals surface area contributed by atoms with Gasteiger partial charge in [0.15, 0.2) is 0 Å². The lowest BCUT2D eigenvalue weighted by molar-refractivity contribution is -0.384. The van der Waals surface area contributed by atoms with Crippen molar-refractivity contribution in [2.24, 2.45) is 0 Å². The minimum absolute atomic E-state index is 0.0863. The number of hydrogen-bond donors (Lipinski definition) is 2. The van der Waals surface area contributed by atoms with E-state index in [1.54, 1.807) is 18.2 Å². The lowest BCUT2D eigenvalue weighted by Crippen LogP contribution is -2.24. The maximum absolute atomic E-state index is 12.8. The molecule has 3 aromatic carbocycles. The average Bonchev–Trinajstić information content (AvgIpc) is 2.80. The Kier molecular flexibility index (Phi) is 7.84. The first-order valence-electron chi connectivity index (χ1n) is 10.5. The van der Waals surface area contributed by atoms with Crippen molar-refractivity contribution in [3.63, 3.8) is 0 Å². The maximum atomic E-state index is 12.8. The first kappa shape index (κ1) is 24.0. The highest BCUT2D eigenvalue weighted by Gasteiger charge is 2.19. The van der Waals surface area contributed by atoms with Crippen molar-refractivity contribution in [2.45, 2.75) is 37.3 Å². The van der Waals surface area contributed by atoms with E-state index in [1.807, 2.05) is 45.0 Å². The Morgan fingerprint density at radius 1 is 0.939 bits per heavy atom. The Labute approximate surface area is 196 Å². The summed E-state index contributed by atoms with van der Waals surface area (Å²) in [6.07, 6.45) is 0.631. The topological polar surface area (TPSA) is 101 Å². The van der Waals surface area contributed by atoms with E-state index in [1.165, 1.54) is 41.6 Å². The molecule has 3 aromatic rings. The second-order valence-electron chi connectivity index (χ2n) is 7.59. The minimum atomic E-state index is -0.540. The highest BCUT2D eigenvalue weighted by atomic mass is 32.2. The average molecular weight is 464 g/mol. The molecule has 0 saturated heterocycles. The van der Waals surface area contributed by atoms with E-state index in [9.17, 15) is 19.7 Å². The number of rotatable bonds is 8. The molecule has 33 heavy (non-hydrogen) atoms. The first-order chi connectivity index (χ1) is 15.8. The highest BCUT2D eigenvalue weighted by Crippen LogP contribution is 2.29. The van der Waals surface area contributed by atoms with Crippen molar-refractivity contribution in [1.29, 1.82) is 0 Å². The number of nitrogens with one attached hydrogen (secondary N) is 2. The number of carbonyl (C=O) groups excluding carboxylic acids is 2. The summed E-state index contributed by atoms with van der Waals surface area (Å²) in [6, 6.07) is 18.6. The van der Waals surface area contributed by atoms with Crippen molar-refractivity contribution in [2.75, 3.05) is 10.6 Å². The van der Waals surface area contributed by atoms with Crippen molar-refractivity contribution < 1.29 is 14.5 Å². The van der Waals surface area contributed by atoms with Crippen LogP contribution in [0, 0.1) is 24.0 Å². The lowest BCUT2D eigenvalue weighted by Gasteiger charge is -2.16. The Morgan fingerprint density at radius 3 is 2.36 bits per heavy atom. The lowest BCUT2D eigenvalue weighted by atomic mass is 10.1. The van der Waals surface area contributed by atoms with Crippen molar-refractivity contribution >= 4 is 40.6 Å². The molecule has 0 bridgehead atoms. The molecule has 7 nitrogen and oxygen atoms in total. The third-order valence-corrected chi connectivity index (χ3v) is 6.49. The summed E-state index contributed by atoms with van der Waals surface area (Å²) in [5, 5.41) is 16.4. The zero-order chi connectivity index (χ0) is 24.0. The van der Waals surface area contributed by atoms with Gasteiger partial charge in [-0.3, -0.25) is 19.7 Å². The fraction of sp³-hybridized carbons (Fsp3) is 0.200. The van der Waals surface area contributed by atoms with Crippen LogP contribution in [0.15, 0.2) is 71.6 Å². The normalized spacial score (nSPS) is 11.5. The molecule has 170 valence electrons. The number of thioether (sulfide) groups is 1. The van der Waals surface area contributed by atoms with Gasteiger partial charge in [-0.05, 0) is 67.8 Å². The summed E-state index contributed by atoms with van der Waals surface area (Å²) in [4.78, 5) is 36.6. The smallest absolute Gasteiger partial charge is 0.270 e. The van der Waals surface area contributed by atoms with Gasteiger partial charge in [0, 0.05) is 34.0 Å². The summed E-state index contributed by atoms with van der Waals surface area (Å²) in [7, 11) is 0. The molecule has 0 fully saturated rings. The second kappa shape index (κ2) is 10.8. The Balaban J connectivity index is 1.68. The number of aryl methyl sites for hydroxylation is 2. The molecule has 1 atom stereocenters. The van der Waals surface area contributed by atoms with Crippen molar-refractivity contribution in [3.8, 4) is 0 Å². The van der Waals surface area contributed by atoms with E-state index in [4.69, 9.17) is 0 Å². The van der Waals surface area contributed by atoms with Gasteiger partial charge in [0.2, 0.25) is 5.91 Å². The number of amides is 2. The standard InChI is InChI=1S/C25H25N3O4S/c1-4-23(25(30)27-20-12-11-16(2)17(3)13-20)33-22-10-6-8-19(15-22)26-24(29)18-7-5-9-21(14-18)28(31)32/h5-15,23H,4H2,1-3H3,(H,26,29)(H,27,30). The highest BCUT2D eigenvalue weighted by molar-refractivity contribution is 8.00. The SMILES string of the molecule is CCC(Sc1cccc(NC(=O)c2cccc([N+](=O)[O-])c2)c1)C(=O)Nc1ccc(C)c(C)c1. The molecule has 0 spiro atoms. The van der Waals surface area contributed by atoms with E-state index in [2.05, 4.69) is 10.6 Å². The van der Waals surface area contributed by atoms with Gasteiger partial charge in [-0.15, -0.1) is 11.8 Å². The fourth-order valence-corrected chi connectivity index (χ4v) is 4.15. The van der Waals surface area contributed by atoms with Crippen LogP contribution in [0.5, 0.6) is 0 Å². The minimum Gasteiger partial charge on any atom is -0.325 e. The molecule has 0 aromatic heterocycles. The third kappa shape index (κ3) is 6.43. The van der Waals surface area contributed by atoms with E-state index in [0.29, 0.717) is 12.1 Å². The monoisotopic (exact) mass is 463 g/mol.